The summed E-state index contributed by atoms with van der Waals surface area (Å²) < 4.78 is 0. The molecular formula is C14H29NO. The Kier molecular flexibility index (Phi) is 7.06. The summed E-state index contributed by atoms with van der Waals surface area (Å²) in [6.45, 7) is 3.09. The smallest absolute Gasteiger partial charge is 0.0512 e. The highest BCUT2D eigenvalue weighted by Crippen LogP contribution is 2.21. The number of aliphatic hydroxyl groups is 1. The van der Waals surface area contributed by atoms with Gasteiger partial charge in [0.15, 0.2) is 0 Å². The minimum Gasteiger partial charge on any atom is -0.393 e. The van der Waals surface area contributed by atoms with Crippen molar-refractivity contribution in [3.05, 3.63) is 0 Å². The molecule has 1 atom stereocenters. The lowest BCUT2D eigenvalue weighted by atomic mass is 10.1. The highest BCUT2D eigenvalue weighted by atomic mass is 16.3. The van der Waals surface area contributed by atoms with Crippen LogP contribution in [0.15, 0.2) is 0 Å². The number of rotatable bonds is 6. The number of aliphatic hydroxyl groups excluding tert-OH is 1. The van der Waals surface area contributed by atoms with Gasteiger partial charge in [0.05, 0.1) is 6.10 Å². The zero-order chi connectivity index (χ0) is 11.8. The summed E-state index contributed by atoms with van der Waals surface area (Å²) >= 11 is 0. The van der Waals surface area contributed by atoms with E-state index in [9.17, 15) is 5.11 Å². The lowest BCUT2D eigenvalue weighted by Crippen LogP contribution is -2.32. The summed E-state index contributed by atoms with van der Waals surface area (Å²) in [5.41, 5.74) is 0. The van der Waals surface area contributed by atoms with Crippen molar-refractivity contribution in [2.75, 3.05) is 13.6 Å². The van der Waals surface area contributed by atoms with Crippen molar-refractivity contribution in [2.24, 2.45) is 0 Å². The highest BCUT2D eigenvalue weighted by molar-refractivity contribution is 4.72. The Labute approximate surface area is 101 Å². The summed E-state index contributed by atoms with van der Waals surface area (Å²) in [7, 11) is 2.28. The van der Waals surface area contributed by atoms with Crippen LogP contribution in [-0.2, 0) is 0 Å². The SMILES string of the molecule is CC(O)CCCCN(C)C1CCCCCC1. The van der Waals surface area contributed by atoms with E-state index in [4.69, 9.17) is 0 Å². The molecule has 1 rings (SSSR count). The lowest BCUT2D eigenvalue weighted by Gasteiger charge is -2.27. The first-order chi connectivity index (χ1) is 7.70. The fourth-order valence-corrected chi connectivity index (χ4v) is 2.68. The van der Waals surface area contributed by atoms with Gasteiger partial charge in [0.2, 0.25) is 0 Å². The van der Waals surface area contributed by atoms with Crippen molar-refractivity contribution in [3.8, 4) is 0 Å². The summed E-state index contributed by atoms with van der Waals surface area (Å²) in [6, 6.07) is 0.828. The van der Waals surface area contributed by atoms with E-state index in [1.165, 1.54) is 51.5 Å². The number of hydrogen-bond donors (Lipinski definition) is 1. The second kappa shape index (κ2) is 8.08. The fourth-order valence-electron chi connectivity index (χ4n) is 2.68. The predicted molar refractivity (Wildman–Crippen MR) is 69.7 cm³/mol. The van der Waals surface area contributed by atoms with Gasteiger partial charge in [-0.1, -0.05) is 25.7 Å². The predicted octanol–water partition coefficient (Wildman–Crippen LogP) is 3.19. The van der Waals surface area contributed by atoms with Crippen molar-refractivity contribution < 1.29 is 5.11 Å². The molecule has 2 nitrogen and oxygen atoms in total. The van der Waals surface area contributed by atoms with E-state index in [2.05, 4.69) is 11.9 Å². The van der Waals surface area contributed by atoms with Crippen LogP contribution in [0.25, 0.3) is 0 Å². The van der Waals surface area contributed by atoms with E-state index in [0.29, 0.717) is 0 Å². The standard InChI is InChI=1S/C14H29NO/c1-13(16)9-7-8-12-15(2)14-10-5-3-4-6-11-14/h13-14,16H,3-12H2,1-2H3. The molecule has 1 saturated carbocycles. The van der Waals surface area contributed by atoms with Gasteiger partial charge in [-0.05, 0) is 52.6 Å². The molecule has 0 spiro atoms. The Bertz CT molecular complexity index is 162. The third kappa shape index (κ3) is 5.86. The van der Waals surface area contributed by atoms with E-state index in [-0.39, 0.29) is 6.10 Å². The highest BCUT2D eigenvalue weighted by Gasteiger charge is 2.16. The van der Waals surface area contributed by atoms with Gasteiger partial charge in [0.25, 0.3) is 0 Å². The largest absolute Gasteiger partial charge is 0.393 e. The van der Waals surface area contributed by atoms with Gasteiger partial charge < -0.3 is 10.0 Å². The third-order valence-electron chi connectivity index (χ3n) is 3.83. The van der Waals surface area contributed by atoms with Gasteiger partial charge in [-0.15, -0.1) is 0 Å². The molecule has 1 aliphatic carbocycles. The zero-order valence-electron chi connectivity index (χ0n) is 11.1. The van der Waals surface area contributed by atoms with Gasteiger partial charge in [0.1, 0.15) is 0 Å². The van der Waals surface area contributed by atoms with Crippen molar-refractivity contribution >= 4 is 0 Å². The minimum atomic E-state index is -0.122. The fraction of sp³-hybridized carbons (Fsp3) is 1.00. The third-order valence-corrected chi connectivity index (χ3v) is 3.83. The first-order valence-electron chi connectivity index (χ1n) is 7.08. The van der Waals surface area contributed by atoms with Crippen molar-refractivity contribution in [1.82, 2.24) is 4.90 Å². The molecule has 2 heteroatoms. The molecule has 0 heterocycles. The number of unbranched alkanes of at least 4 members (excludes halogenated alkanes) is 1. The van der Waals surface area contributed by atoms with Gasteiger partial charge in [-0.2, -0.15) is 0 Å². The average Bonchev–Trinajstić information content (AvgIpc) is 2.52. The normalized spacial score (nSPS) is 21.0. The second-order valence-electron chi connectivity index (χ2n) is 5.47. The Hall–Kier alpha value is -0.0800. The van der Waals surface area contributed by atoms with Crippen LogP contribution < -0.4 is 0 Å². The second-order valence-corrected chi connectivity index (χ2v) is 5.47. The maximum Gasteiger partial charge on any atom is 0.0512 e. The lowest BCUT2D eigenvalue weighted by molar-refractivity contribution is 0.173. The van der Waals surface area contributed by atoms with Crippen LogP contribution >= 0.6 is 0 Å². The van der Waals surface area contributed by atoms with Gasteiger partial charge in [0, 0.05) is 6.04 Å². The number of hydrogen-bond acceptors (Lipinski definition) is 2. The molecule has 0 aromatic carbocycles. The molecule has 16 heavy (non-hydrogen) atoms. The molecule has 1 aliphatic rings. The summed E-state index contributed by atoms with van der Waals surface area (Å²) in [5, 5.41) is 9.19. The van der Waals surface area contributed by atoms with Gasteiger partial charge in [-0.3, -0.25) is 0 Å². The van der Waals surface area contributed by atoms with E-state index >= 15 is 0 Å². The molecule has 1 unspecified atom stereocenters. The van der Waals surface area contributed by atoms with E-state index in [1.54, 1.807) is 0 Å². The van der Waals surface area contributed by atoms with Crippen LogP contribution in [0.1, 0.15) is 64.7 Å². The Balaban J connectivity index is 2.10. The molecule has 0 radical (unpaired) electrons. The molecule has 96 valence electrons. The molecule has 0 aromatic heterocycles. The first-order valence-corrected chi connectivity index (χ1v) is 7.08. The molecule has 0 aliphatic heterocycles. The summed E-state index contributed by atoms with van der Waals surface area (Å²) in [6.07, 6.45) is 11.7. The van der Waals surface area contributed by atoms with Crippen molar-refractivity contribution in [3.63, 3.8) is 0 Å². The van der Waals surface area contributed by atoms with Crippen LogP contribution in [0.2, 0.25) is 0 Å². The summed E-state index contributed by atoms with van der Waals surface area (Å²) in [5.74, 6) is 0. The van der Waals surface area contributed by atoms with Crippen LogP contribution in [-0.4, -0.2) is 35.7 Å². The van der Waals surface area contributed by atoms with E-state index in [0.717, 1.165) is 18.9 Å². The number of nitrogens with zero attached hydrogens (tertiary/aromatic N) is 1. The van der Waals surface area contributed by atoms with Gasteiger partial charge in [-0.25, -0.2) is 0 Å². The zero-order valence-corrected chi connectivity index (χ0v) is 11.1. The van der Waals surface area contributed by atoms with E-state index < -0.39 is 0 Å². The molecule has 0 aromatic rings. The van der Waals surface area contributed by atoms with E-state index in [1.807, 2.05) is 6.92 Å². The molecular weight excluding hydrogens is 198 g/mol. The van der Waals surface area contributed by atoms with Crippen molar-refractivity contribution in [2.45, 2.75) is 76.9 Å². The Morgan fingerprint density at radius 2 is 1.75 bits per heavy atom. The minimum absolute atomic E-state index is 0.122. The molecule has 1 fully saturated rings. The maximum absolute atomic E-state index is 9.19. The first kappa shape index (κ1) is 14.0. The monoisotopic (exact) mass is 227 g/mol. The van der Waals surface area contributed by atoms with Crippen LogP contribution in [0.3, 0.4) is 0 Å². The Morgan fingerprint density at radius 3 is 2.31 bits per heavy atom. The maximum atomic E-state index is 9.19. The van der Waals surface area contributed by atoms with Crippen LogP contribution in [0.5, 0.6) is 0 Å². The van der Waals surface area contributed by atoms with Gasteiger partial charge >= 0.3 is 0 Å². The van der Waals surface area contributed by atoms with Crippen LogP contribution in [0.4, 0.5) is 0 Å². The quantitative estimate of drug-likeness (QED) is 0.556. The van der Waals surface area contributed by atoms with Crippen LogP contribution in [0, 0.1) is 0 Å². The molecule has 1 N–H and O–H groups in total. The molecule has 0 saturated heterocycles. The molecule has 0 bridgehead atoms. The molecule has 0 amide bonds. The topological polar surface area (TPSA) is 23.5 Å². The van der Waals surface area contributed by atoms with Crippen molar-refractivity contribution in [1.29, 1.82) is 0 Å². The summed E-state index contributed by atoms with van der Waals surface area (Å²) in [4.78, 5) is 2.55. The Morgan fingerprint density at radius 1 is 1.12 bits per heavy atom. The average molecular weight is 227 g/mol.